The number of hydrogen-bond donors (Lipinski definition) is 1. The number of aliphatic hydroxyl groups is 1. The number of rotatable bonds is 9. The molecule has 1 saturated heterocycles. The molecule has 170 valence electrons. The molecule has 1 aliphatic rings. The summed E-state index contributed by atoms with van der Waals surface area (Å²) in [5.41, 5.74) is 1.01. The summed E-state index contributed by atoms with van der Waals surface area (Å²) in [6, 6.07) is 11.7. The van der Waals surface area contributed by atoms with Gasteiger partial charge in [0.2, 0.25) is 0 Å². The van der Waals surface area contributed by atoms with Crippen molar-refractivity contribution in [1.82, 2.24) is 4.90 Å². The van der Waals surface area contributed by atoms with Crippen molar-refractivity contribution in [1.29, 1.82) is 0 Å². The van der Waals surface area contributed by atoms with Gasteiger partial charge in [-0.1, -0.05) is 6.07 Å². The van der Waals surface area contributed by atoms with Crippen LogP contribution >= 0.6 is 12.4 Å². The lowest BCUT2D eigenvalue weighted by molar-refractivity contribution is -0.384. The van der Waals surface area contributed by atoms with E-state index < -0.39 is 11.0 Å². The van der Waals surface area contributed by atoms with Gasteiger partial charge in [0.1, 0.15) is 18.5 Å². The smallest absolute Gasteiger partial charge is 0.269 e. The standard InChI is InChI=1S/C21H27N3O6.ClH/c1-28-20-5-3-4-19(21(20)29-2)23-12-10-22(11-13-23)14-17(25)15-30-18-8-6-16(7-9-18)24(26)27;/h3-9,17,25H,10-15H2,1-2H3;1H. The van der Waals surface area contributed by atoms with Crippen molar-refractivity contribution < 1.29 is 24.2 Å². The third kappa shape index (κ3) is 6.36. The fraction of sp³-hybridized carbons (Fsp3) is 0.429. The first-order valence-corrected chi connectivity index (χ1v) is 9.75. The lowest BCUT2D eigenvalue weighted by Gasteiger charge is -2.37. The minimum atomic E-state index is -0.655. The number of nitro groups is 1. The molecule has 31 heavy (non-hydrogen) atoms. The Balaban J connectivity index is 0.00000341. The van der Waals surface area contributed by atoms with Crippen LogP contribution in [0.2, 0.25) is 0 Å². The van der Waals surface area contributed by atoms with Crippen molar-refractivity contribution in [2.45, 2.75) is 6.10 Å². The Morgan fingerprint density at radius 1 is 1.06 bits per heavy atom. The molecular weight excluding hydrogens is 426 g/mol. The van der Waals surface area contributed by atoms with Crippen LogP contribution in [0.15, 0.2) is 42.5 Å². The Labute approximate surface area is 187 Å². The Morgan fingerprint density at radius 3 is 2.32 bits per heavy atom. The highest BCUT2D eigenvalue weighted by Crippen LogP contribution is 2.37. The van der Waals surface area contributed by atoms with E-state index in [0.29, 0.717) is 18.0 Å². The molecule has 0 aliphatic carbocycles. The monoisotopic (exact) mass is 453 g/mol. The van der Waals surface area contributed by atoms with Crippen LogP contribution in [0.1, 0.15) is 0 Å². The highest BCUT2D eigenvalue weighted by atomic mass is 35.5. The summed E-state index contributed by atoms with van der Waals surface area (Å²) in [5, 5.41) is 21.0. The van der Waals surface area contributed by atoms with Gasteiger partial charge in [-0.2, -0.15) is 0 Å². The summed E-state index contributed by atoms with van der Waals surface area (Å²) in [4.78, 5) is 14.7. The number of ether oxygens (including phenoxy) is 3. The summed E-state index contributed by atoms with van der Waals surface area (Å²) < 4.78 is 16.5. The Kier molecular flexibility index (Phi) is 9.17. The van der Waals surface area contributed by atoms with Crippen LogP contribution in [0.25, 0.3) is 0 Å². The first kappa shape index (κ1) is 24.5. The lowest BCUT2D eigenvalue weighted by Crippen LogP contribution is -2.49. The van der Waals surface area contributed by atoms with E-state index in [1.807, 2.05) is 18.2 Å². The fourth-order valence-electron chi connectivity index (χ4n) is 3.50. The van der Waals surface area contributed by atoms with Gasteiger partial charge in [0.15, 0.2) is 11.5 Å². The second kappa shape index (κ2) is 11.6. The van der Waals surface area contributed by atoms with E-state index in [0.717, 1.165) is 37.6 Å². The molecule has 0 spiro atoms. The summed E-state index contributed by atoms with van der Waals surface area (Å²) >= 11 is 0. The van der Waals surface area contributed by atoms with Crippen LogP contribution in [-0.4, -0.2) is 74.6 Å². The molecule has 0 radical (unpaired) electrons. The molecule has 0 bridgehead atoms. The molecule has 3 rings (SSSR count). The van der Waals surface area contributed by atoms with E-state index in [-0.39, 0.29) is 24.7 Å². The molecule has 2 aromatic rings. The first-order chi connectivity index (χ1) is 14.5. The van der Waals surface area contributed by atoms with Crippen molar-refractivity contribution in [2.24, 2.45) is 0 Å². The van der Waals surface area contributed by atoms with E-state index in [9.17, 15) is 15.2 Å². The zero-order valence-corrected chi connectivity index (χ0v) is 18.4. The number of β-amino-alcohol motifs (C(OH)–C–C–N with tert-alkyl or cyclic N) is 1. The predicted molar refractivity (Wildman–Crippen MR) is 120 cm³/mol. The van der Waals surface area contributed by atoms with E-state index in [1.165, 1.54) is 24.3 Å². The average molecular weight is 454 g/mol. The number of non-ortho nitro benzene ring substituents is 1. The maximum Gasteiger partial charge on any atom is 0.269 e. The summed E-state index contributed by atoms with van der Waals surface area (Å²) in [6.07, 6.45) is -0.655. The SMILES string of the molecule is COc1cccc(N2CCN(CC(O)COc3ccc([N+](=O)[O-])cc3)CC2)c1OC.Cl. The van der Waals surface area contributed by atoms with Gasteiger partial charge in [0, 0.05) is 44.9 Å². The zero-order valence-electron chi connectivity index (χ0n) is 17.6. The molecule has 1 unspecified atom stereocenters. The van der Waals surface area contributed by atoms with E-state index in [4.69, 9.17) is 14.2 Å². The molecule has 0 saturated carbocycles. The molecule has 1 aliphatic heterocycles. The molecule has 9 nitrogen and oxygen atoms in total. The molecule has 1 fully saturated rings. The number of halogens is 1. The maximum atomic E-state index is 10.7. The van der Waals surface area contributed by atoms with Gasteiger partial charge in [-0.25, -0.2) is 0 Å². The van der Waals surface area contributed by atoms with Gasteiger partial charge in [-0.15, -0.1) is 12.4 Å². The molecule has 1 atom stereocenters. The van der Waals surface area contributed by atoms with Crippen LogP contribution in [0.4, 0.5) is 11.4 Å². The zero-order chi connectivity index (χ0) is 21.5. The maximum absolute atomic E-state index is 10.7. The third-order valence-electron chi connectivity index (χ3n) is 5.05. The molecule has 1 N–H and O–H groups in total. The first-order valence-electron chi connectivity index (χ1n) is 9.75. The normalized spacial score (nSPS) is 15.0. The highest BCUT2D eigenvalue weighted by molar-refractivity contribution is 5.85. The quantitative estimate of drug-likeness (QED) is 0.457. The largest absolute Gasteiger partial charge is 0.493 e. The number of para-hydroxylation sites is 1. The lowest BCUT2D eigenvalue weighted by atomic mass is 10.2. The number of nitrogens with zero attached hydrogens (tertiary/aromatic N) is 3. The van der Waals surface area contributed by atoms with Gasteiger partial charge in [0.05, 0.1) is 24.8 Å². The van der Waals surface area contributed by atoms with Gasteiger partial charge in [-0.3, -0.25) is 15.0 Å². The van der Waals surface area contributed by atoms with Crippen molar-refractivity contribution >= 4 is 23.8 Å². The van der Waals surface area contributed by atoms with Gasteiger partial charge >= 0.3 is 0 Å². The van der Waals surface area contributed by atoms with Crippen LogP contribution in [0.5, 0.6) is 17.2 Å². The summed E-state index contributed by atoms with van der Waals surface area (Å²) in [5.74, 6) is 1.93. The highest BCUT2D eigenvalue weighted by Gasteiger charge is 2.23. The van der Waals surface area contributed by atoms with E-state index in [2.05, 4.69) is 9.80 Å². The Hall–Kier alpha value is -2.75. The number of benzene rings is 2. The van der Waals surface area contributed by atoms with Crippen LogP contribution in [0, 0.1) is 10.1 Å². The van der Waals surface area contributed by atoms with Crippen LogP contribution in [-0.2, 0) is 0 Å². The summed E-state index contributed by atoms with van der Waals surface area (Å²) in [7, 11) is 3.26. The molecule has 1 heterocycles. The van der Waals surface area contributed by atoms with E-state index >= 15 is 0 Å². The second-order valence-corrected chi connectivity index (χ2v) is 7.02. The van der Waals surface area contributed by atoms with E-state index in [1.54, 1.807) is 14.2 Å². The molecule has 2 aromatic carbocycles. The van der Waals surface area contributed by atoms with Crippen molar-refractivity contribution in [3.05, 3.63) is 52.6 Å². The number of anilines is 1. The molecular formula is C21H28ClN3O6. The Morgan fingerprint density at radius 2 is 1.74 bits per heavy atom. The number of hydrogen-bond acceptors (Lipinski definition) is 8. The molecule has 10 heteroatoms. The fourth-order valence-corrected chi connectivity index (χ4v) is 3.50. The van der Waals surface area contributed by atoms with Gasteiger partial charge in [0.25, 0.3) is 5.69 Å². The molecule has 0 aromatic heterocycles. The minimum Gasteiger partial charge on any atom is -0.493 e. The van der Waals surface area contributed by atoms with Gasteiger partial charge < -0.3 is 24.2 Å². The second-order valence-electron chi connectivity index (χ2n) is 7.02. The topological polar surface area (TPSA) is 97.5 Å². The number of nitro benzene ring substituents is 1. The average Bonchev–Trinajstić information content (AvgIpc) is 2.77. The van der Waals surface area contributed by atoms with Crippen molar-refractivity contribution in [3.8, 4) is 17.2 Å². The Bertz CT molecular complexity index is 844. The van der Waals surface area contributed by atoms with Crippen LogP contribution in [0.3, 0.4) is 0 Å². The number of piperazine rings is 1. The third-order valence-corrected chi connectivity index (χ3v) is 5.05. The predicted octanol–water partition coefficient (Wildman–Crippen LogP) is 2.60. The van der Waals surface area contributed by atoms with Crippen molar-refractivity contribution in [3.63, 3.8) is 0 Å². The molecule has 0 amide bonds. The number of methoxy groups -OCH3 is 2. The number of aliphatic hydroxyl groups excluding tert-OH is 1. The summed E-state index contributed by atoms with van der Waals surface area (Å²) in [6.45, 7) is 3.83. The van der Waals surface area contributed by atoms with Crippen LogP contribution < -0.4 is 19.1 Å². The minimum absolute atomic E-state index is 0. The van der Waals surface area contributed by atoms with Crippen molar-refractivity contribution in [2.75, 3.05) is 58.5 Å². The van der Waals surface area contributed by atoms with Gasteiger partial charge in [-0.05, 0) is 24.3 Å².